The van der Waals surface area contributed by atoms with E-state index in [9.17, 15) is 0 Å². The first-order chi connectivity index (χ1) is 7.42. The maximum atomic E-state index is 5.07. The molecule has 2 aromatic rings. The molecule has 0 saturated carbocycles. The van der Waals surface area contributed by atoms with Gasteiger partial charge >= 0.3 is 0 Å². The normalized spacial score (nSPS) is 10.2. The first-order valence-electron chi connectivity index (χ1n) is 4.92. The SMILES string of the molecule is CO[CH]c1ccccc1-c1ccccc1. The second-order valence-electron chi connectivity index (χ2n) is 3.31. The predicted molar refractivity (Wildman–Crippen MR) is 62.3 cm³/mol. The summed E-state index contributed by atoms with van der Waals surface area (Å²) >= 11 is 0. The maximum absolute atomic E-state index is 5.07. The molecule has 0 heterocycles. The van der Waals surface area contributed by atoms with Crippen LogP contribution in [-0.4, -0.2) is 7.11 Å². The van der Waals surface area contributed by atoms with Crippen molar-refractivity contribution < 1.29 is 4.74 Å². The quantitative estimate of drug-likeness (QED) is 0.731. The summed E-state index contributed by atoms with van der Waals surface area (Å²) in [4.78, 5) is 0. The van der Waals surface area contributed by atoms with Crippen LogP contribution in [0.4, 0.5) is 0 Å². The molecular weight excluding hydrogens is 184 g/mol. The number of ether oxygens (including phenoxy) is 1. The Hall–Kier alpha value is -1.60. The smallest absolute Gasteiger partial charge is 0.113 e. The lowest BCUT2D eigenvalue weighted by molar-refractivity contribution is 0.293. The van der Waals surface area contributed by atoms with Crippen molar-refractivity contribution in [2.75, 3.05) is 7.11 Å². The molecule has 2 rings (SSSR count). The summed E-state index contributed by atoms with van der Waals surface area (Å²) < 4.78 is 5.07. The average Bonchev–Trinajstić information content (AvgIpc) is 2.31. The molecule has 0 bridgehead atoms. The summed E-state index contributed by atoms with van der Waals surface area (Å²) in [6.45, 7) is 1.77. The third-order valence-electron chi connectivity index (χ3n) is 2.29. The van der Waals surface area contributed by atoms with E-state index in [1.54, 1.807) is 13.7 Å². The van der Waals surface area contributed by atoms with Gasteiger partial charge in [0.05, 0.1) is 0 Å². The summed E-state index contributed by atoms with van der Waals surface area (Å²) in [7, 11) is 1.67. The predicted octanol–water partition coefficient (Wildman–Crippen LogP) is 3.51. The molecule has 1 radical (unpaired) electrons. The zero-order valence-electron chi connectivity index (χ0n) is 8.68. The Morgan fingerprint density at radius 3 is 2.27 bits per heavy atom. The van der Waals surface area contributed by atoms with E-state index in [0.717, 1.165) is 5.56 Å². The molecule has 0 aliphatic heterocycles. The van der Waals surface area contributed by atoms with Gasteiger partial charge in [-0.05, 0) is 16.7 Å². The number of hydrogen-bond acceptors (Lipinski definition) is 1. The molecule has 0 spiro atoms. The van der Waals surface area contributed by atoms with Gasteiger partial charge in [-0.2, -0.15) is 0 Å². The highest BCUT2D eigenvalue weighted by Gasteiger charge is 2.03. The lowest BCUT2D eigenvalue weighted by Gasteiger charge is -2.07. The molecule has 2 aromatic carbocycles. The number of rotatable bonds is 3. The molecule has 0 aliphatic carbocycles. The van der Waals surface area contributed by atoms with Gasteiger partial charge in [-0.1, -0.05) is 54.6 Å². The van der Waals surface area contributed by atoms with Crippen LogP contribution < -0.4 is 0 Å². The van der Waals surface area contributed by atoms with Crippen LogP contribution in [-0.2, 0) is 4.74 Å². The van der Waals surface area contributed by atoms with Crippen molar-refractivity contribution in [1.29, 1.82) is 0 Å². The molecule has 0 fully saturated rings. The molecule has 0 aliphatic rings. The van der Waals surface area contributed by atoms with Crippen LogP contribution in [0.15, 0.2) is 54.6 Å². The molecule has 0 saturated heterocycles. The Kier molecular flexibility index (Phi) is 3.15. The van der Waals surface area contributed by atoms with Crippen LogP contribution in [0.3, 0.4) is 0 Å². The van der Waals surface area contributed by atoms with Gasteiger partial charge in [-0.15, -0.1) is 0 Å². The molecular formula is C14H13O. The monoisotopic (exact) mass is 197 g/mol. The summed E-state index contributed by atoms with van der Waals surface area (Å²) in [5.74, 6) is 0. The summed E-state index contributed by atoms with van der Waals surface area (Å²) in [6, 6.07) is 18.5. The lowest BCUT2D eigenvalue weighted by atomic mass is 10.0. The van der Waals surface area contributed by atoms with Gasteiger partial charge in [0.1, 0.15) is 6.61 Å². The standard InChI is InChI=1S/C14H13O/c1-15-11-13-9-5-6-10-14(13)12-7-3-2-4-8-12/h2-11H,1H3. The Morgan fingerprint density at radius 1 is 0.867 bits per heavy atom. The minimum atomic E-state index is 1.10. The zero-order valence-corrected chi connectivity index (χ0v) is 8.68. The van der Waals surface area contributed by atoms with Gasteiger partial charge in [0.15, 0.2) is 0 Å². The van der Waals surface area contributed by atoms with Gasteiger partial charge in [0.25, 0.3) is 0 Å². The lowest BCUT2D eigenvalue weighted by Crippen LogP contribution is -1.88. The van der Waals surface area contributed by atoms with Crippen LogP contribution in [0.1, 0.15) is 5.56 Å². The zero-order chi connectivity index (χ0) is 10.5. The van der Waals surface area contributed by atoms with Crippen LogP contribution in [0, 0.1) is 6.61 Å². The summed E-state index contributed by atoms with van der Waals surface area (Å²) in [6.07, 6.45) is 0. The fraction of sp³-hybridized carbons (Fsp3) is 0.0714. The number of benzene rings is 2. The third kappa shape index (κ3) is 2.25. The van der Waals surface area contributed by atoms with E-state index in [1.165, 1.54) is 11.1 Å². The summed E-state index contributed by atoms with van der Waals surface area (Å²) in [5.41, 5.74) is 3.51. The van der Waals surface area contributed by atoms with E-state index in [-0.39, 0.29) is 0 Å². The molecule has 0 amide bonds. The summed E-state index contributed by atoms with van der Waals surface area (Å²) in [5, 5.41) is 0. The molecule has 0 unspecified atom stereocenters. The van der Waals surface area contributed by atoms with Crippen molar-refractivity contribution >= 4 is 0 Å². The van der Waals surface area contributed by atoms with Gasteiger partial charge in [0, 0.05) is 7.11 Å². The highest BCUT2D eigenvalue weighted by molar-refractivity contribution is 5.68. The molecule has 75 valence electrons. The van der Waals surface area contributed by atoms with E-state index in [4.69, 9.17) is 4.74 Å². The molecule has 0 N–H and O–H groups in total. The highest BCUT2D eigenvalue weighted by Crippen LogP contribution is 2.24. The Bertz CT molecular complexity index is 420. The van der Waals surface area contributed by atoms with Crippen molar-refractivity contribution in [3.63, 3.8) is 0 Å². The van der Waals surface area contributed by atoms with E-state index >= 15 is 0 Å². The topological polar surface area (TPSA) is 9.23 Å². The molecule has 1 heteroatoms. The largest absolute Gasteiger partial charge is 0.374 e. The molecule has 0 aromatic heterocycles. The van der Waals surface area contributed by atoms with Crippen molar-refractivity contribution in [1.82, 2.24) is 0 Å². The van der Waals surface area contributed by atoms with E-state index in [2.05, 4.69) is 18.2 Å². The van der Waals surface area contributed by atoms with Crippen molar-refractivity contribution in [3.05, 3.63) is 66.8 Å². The molecule has 15 heavy (non-hydrogen) atoms. The Morgan fingerprint density at radius 2 is 1.53 bits per heavy atom. The van der Waals surface area contributed by atoms with Gasteiger partial charge < -0.3 is 4.74 Å². The van der Waals surface area contributed by atoms with Gasteiger partial charge in [0.2, 0.25) is 0 Å². The van der Waals surface area contributed by atoms with E-state index in [0.29, 0.717) is 0 Å². The Balaban J connectivity index is 2.43. The van der Waals surface area contributed by atoms with Crippen LogP contribution >= 0.6 is 0 Å². The first-order valence-corrected chi connectivity index (χ1v) is 4.92. The minimum absolute atomic E-state index is 1.10. The van der Waals surface area contributed by atoms with Gasteiger partial charge in [-0.25, -0.2) is 0 Å². The van der Waals surface area contributed by atoms with Crippen LogP contribution in [0.25, 0.3) is 11.1 Å². The fourth-order valence-corrected chi connectivity index (χ4v) is 1.61. The fourth-order valence-electron chi connectivity index (χ4n) is 1.61. The van der Waals surface area contributed by atoms with Crippen molar-refractivity contribution in [2.24, 2.45) is 0 Å². The van der Waals surface area contributed by atoms with Crippen LogP contribution in [0.5, 0.6) is 0 Å². The van der Waals surface area contributed by atoms with Gasteiger partial charge in [-0.3, -0.25) is 0 Å². The van der Waals surface area contributed by atoms with Crippen molar-refractivity contribution in [3.8, 4) is 11.1 Å². The van der Waals surface area contributed by atoms with Crippen LogP contribution in [0.2, 0.25) is 0 Å². The third-order valence-corrected chi connectivity index (χ3v) is 2.29. The molecule has 0 atom stereocenters. The van der Waals surface area contributed by atoms with Crippen molar-refractivity contribution in [2.45, 2.75) is 0 Å². The number of hydrogen-bond donors (Lipinski definition) is 0. The second kappa shape index (κ2) is 4.76. The minimum Gasteiger partial charge on any atom is -0.374 e. The molecule has 1 nitrogen and oxygen atoms in total. The Labute approximate surface area is 90.3 Å². The van der Waals surface area contributed by atoms with E-state index in [1.807, 2.05) is 36.4 Å². The maximum Gasteiger partial charge on any atom is 0.113 e. The second-order valence-corrected chi connectivity index (χ2v) is 3.31. The van der Waals surface area contributed by atoms with E-state index < -0.39 is 0 Å². The first kappa shape index (κ1) is 9.94. The average molecular weight is 197 g/mol. The number of methoxy groups -OCH3 is 1. The highest BCUT2D eigenvalue weighted by atomic mass is 16.5.